The van der Waals surface area contributed by atoms with Crippen LogP contribution in [0.5, 0.6) is 5.75 Å². The van der Waals surface area contributed by atoms with Gasteiger partial charge in [0.05, 0.1) is 4.47 Å². The third-order valence-electron chi connectivity index (χ3n) is 3.53. The molecule has 5 heteroatoms. The predicted molar refractivity (Wildman–Crippen MR) is 76.2 cm³/mol. The van der Waals surface area contributed by atoms with Gasteiger partial charge in [-0.1, -0.05) is 0 Å². The number of carbonyl (C=O) groups is 1. The van der Waals surface area contributed by atoms with Crippen LogP contribution in [-0.4, -0.2) is 40.2 Å². The van der Waals surface area contributed by atoms with Crippen LogP contribution in [0.2, 0.25) is 0 Å². The molecule has 0 aromatic heterocycles. The molecule has 4 nitrogen and oxygen atoms in total. The number of phenolic OH excluding ortho intramolecular Hbond substituents is 1. The van der Waals surface area contributed by atoms with Crippen molar-refractivity contribution in [3.8, 4) is 5.75 Å². The highest BCUT2D eigenvalue weighted by atomic mass is 79.9. The van der Waals surface area contributed by atoms with Gasteiger partial charge in [0.15, 0.2) is 0 Å². The molecule has 19 heavy (non-hydrogen) atoms. The second kappa shape index (κ2) is 6.39. The molecule has 1 unspecified atom stereocenters. The van der Waals surface area contributed by atoms with Crippen molar-refractivity contribution in [3.05, 3.63) is 28.2 Å². The Hall–Kier alpha value is -1.07. The highest BCUT2D eigenvalue weighted by Gasteiger charge is 2.29. The molecular formula is C14H18BrNO3. The standard InChI is InChI=1S/C14H18BrNO3/c15-12-6-5-10(9-13(12)18)14(19)16-7-1-3-11(16)4-2-8-17/h5-6,9,11,17-18H,1-4,7-8H2. The highest BCUT2D eigenvalue weighted by molar-refractivity contribution is 9.10. The van der Waals surface area contributed by atoms with Gasteiger partial charge in [0.25, 0.3) is 5.91 Å². The van der Waals surface area contributed by atoms with Gasteiger partial charge in [-0.2, -0.15) is 0 Å². The normalized spacial score (nSPS) is 18.8. The Morgan fingerprint density at radius 1 is 1.47 bits per heavy atom. The van der Waals surface area contributed by atoms with E-state index in [0.717, 1.165) is 32.2 Å². The van der Waals surface area contributed by atoms with Crippen LogP contribution in [0.4, 0.5) is 0 Å². The topological polar surface area (TPSA) is 60.8 Å². The Kier molecular flexibility index (Phi) is 4.82. The number of halogens is 1. The molecule has 1 heterocycles. The van der Waals surface area contributed by atoms with Gasteiger partial charge in [-0.25, -0.2) is 0 Å². The zero-order valence-corrected chi connectivity index (χ0v) is 12.3. The fourth-order valence-electron chi connectivity index (χ4n) is 2.54. The Morgan fingerprint density at radius 2 is 2.26 bits per heavy atom. The van der Waals surface area contributed by atoms with E-state index in [1.165, 1.54) is 6.07 Å². The zero-order chi connectivity index (χ0) is 13.8. The lowest BCUT2D eigenvalue weighted by molar-refractivity contribution is 0.0724. The summed E-state index contributed by atoms with van der Waals surface area (Å²) < 4.78 is 0.585. The van der Waals surface area contributed by atoms with E-state index in [1.807, 2.05) is 4.90 Å². The molecule has 0 spiro atoms. The van der Waals surface area contributed by atoms with E-state index in [0.29, 0.717) is 10.0 Å². The Morgan fingerprint density at radius 3 is 2.95 bits per heavy atom. The molecule has 1 aromatic rings. The Balaban J connectivity index is 2.11. The van der Waals surface area contributed by atoms with Gasteiger partial charge in [0.1, 0.15) is 5.75 Å². The number of likely N-dealkylation sites (tertiary alicyclic amines) is 1. The Bertz CT molecular complexity index is 464. The van der Waals surface area contributed by atoms with Gasteiger partial charge >= 0.3 is 0 Å². The average molecular weight is 328 g/mol. The number of hydrogen-bond donors (Lipinski definition) is 2. The molecule has 1 aliphatic rings. The molecule has 0 saturated carbocycles. The van der Waals surface area contributed by atoms with Gasteiger partial charge < -0.3 is 15.1 Å². The van der Waals surface area contributed by atoms with Crippen LogP contribution < -0.4 is 0 Å². The number of aliphatic hydroxyl groups is 1. The largest absolute Gasteiger partial charge is 0.507 e. The van der Waals surface area contributed by atoms with Crippen molar-refractivity contribution in [3.63, 3.8) is 0 Å². The first-order valence-corrected chi connectivity index (χ1v) is 7.33. The minimum absolute atomic E-state index is 0.0387. The number of phenols is 1. The summed E-state index contributed by atoms with van der Waals surface area (Å²) in [6.45, 7) is 0.920. The molecule has 1 aliphatic heterocycles. The third kappa shape index (κ3) is 3.28. The molecule has 1 atom stereocenters. The van der Waals surface area contributed by atoms with E-state index in [4.69, 9.17) is 5.11 Å². The number of nitrogens with zero attached hydrogens (tertiary/aromatic N) is 1. The van der Waals surface area contributed by atoms with Crippen LogP contribution in [0, 0.1) is 0 Å². The van der Waals surface area contributed by atoms with E-state index in [9.17, 15) is 9.90 Å². The van der Waals surface area contributed by atoms with E-state index in [1.54, 1.807) is 12.1 Å². The number of benzene rings is 1. The molecule has 0 bridgehead atoms. The van der Waals surface area contributed by atoms with Gasteiger partial charge in [-0.3, -0.25) is 4.79 Å². The van der Waals surface area contributed by atoms with Crippen LogP contribution >= 0.6 is 15.9 Å². The minimum atomic E-state index is -0.0387. The summed E-state index contributed by atoms with van der Waals surface area (Å²) in [4.78, 5) is 14.3. The minimum Gasteiger partial charge on any atom is -0.507 e. The van der Waals surface area contributed by atoms with Gasteiger partial charge in [0, 0.05) is 24.8 Å². The molecule has 2 N–H and O–H groups in total. The summed E-state index contributed by atoms with van der Waals surface area (Å²) in [5.41, 5.74) is 0.511. The summed E-state index contributed by atoms with van der Waals surface area (Å²) in [5, 5.41) is 18.5. The molecule has 1 aromatic carbocycles. The average Bonchev–Trinajstić information content (AvgIpc) is 2.87. The molecule has 104 valence electrons. The molecule has 0 radical (unpaired) electrons. The van der Waals surface area contributed by atoms with E-state index in [2.05, 4.69) is 15.9 Å². The number of aromatic hydroxyl groups is 1. The second-order valence-electron chi connectivity index (χ2n) is 4.83. The molecule has 2 rings (SSSR count). The summed E-state index contributed by atoms with van der Waals surface area (Å²) in [7, 11) is 0. The van der Waals surface area contributed by atoms with Crippen molar-refractivity contribution in [2.45, 2.75) is 31.7 Å². The Labute approximate surface area is 121 Å². The van der Waals surface area contributed by atoms with E-state index >= 15 is 0 Å². The van der Waals surface area contributed by atoms with Crippen molar-refractivity contribution >= 4 is 21.8 Å². The fraction of sp³-hybridized carbons (Fsp3) is 0.500. The lowest BCUT2D eigenvalue weighted by Crippen LogP contribution is -2.35. The summed E-state index contributed by atoms with van der Waals surface area (Å²) in [6, 6.07) is 5.11. The van der Waals surface area contributed by atoms with Gasteiger partial charge in [0.2, 0.25) is 0 Å². The van der Waals surface area contributed by atoms with Crippen molar-refractivity contribution in [1.29, 1.82) is 0 Å². The molecule has 1 saturated heterocycles. The maximum absolute atomic E-state index is 12.4. The first-order chi connectivity index (χ1) is 9.13. The zero-order valence-electron chi connectivity index (χ0n) is 10.7. The van der Waals surface area contributed by atoms with Crippen molar-refractivity contribution in [1.82, 2.24) is 4.90 Å². The van der Waals surface area contributed by atoms with Crippen LogP contribution in [0.3, 0.4) is 0 Å². The molecule has 0 aliphatic carbocycles. The summed E-state index contributed by atoms with van der Waals surface area (Å²) in [5.74, 6) is 0.0418. The number of hydrogen-bond acceptors (Lipinski definition) is 3. The quantitative estimate of drug-likeness (QED) is 0.893. The fourth-order valence-corrected chi connectivity index (χ4v) is 2.79. The third-order valence-corrected chi connectivity index (χ3v) is 4.20. The second-order valence-corrected chi connectivity index (χ2v) is 5.68. The van der Waals surface area contributed by atoms with Crippen molar-refractivity contribution in [2.75, 3.05) is 13.2 Å². The lowest BCUT2D eigenvalue weighted by Gasteiger charge is -2.24. The van der Waals surface area contributed by atoms with E-state index in [-0.39, 0.29) is 24.3 Å². The smallest absolute Gasteiger partial charge is 0.254 e. The number of rotatable bonds is 4. The van der Waals surface area contributed by atoms with Gasteiger partial charge in [-0.15, -0.1) is 0 Å². The van der Waals surface area contributed by atoms with Crippen LogP contribution in [0.25, 0.3) is 0 Å². The van der Waals surface area contributed by atoms with Crippen molar-refractivity contribution in [2.24, 2.45) is 0 Å². The summed E-state index contributed by atoms with van der Waals surface area (Å²) >= 11 is 3.21. The molecular weight excluding hydrogens is 310 g/mol. The molecule has 1 fully saturated rings. The van der Waals surface area contributed by atoms with Crippen molar-refractivity contribution < 1.29 is 15.0 Å². The maximum Gasteiger partial charge on any atom is 0.254 e. The predicted octanol–water partition coefficient (Wildman–Crippen LogP) is 2.53. The van der Waals surface area contributed by atoms with Crippen LogP contribution in [-0.2, 0) is 0 Å². The van der Waals surface area contributed by atoms with Gasteiger partial charge in [-0.05, 0) is 59.8 Å². The maximum atomic E-state index is 12.4. The lowest BCUT2D eigenvalue weighted by atomic mass is 10.1. The number of amides is 1. The van der Waals surface area contributed by atoms with E-state index < -0.39 is 0 Å². The summed E-state index contributed by atoms with van der Waals surface area (Å²) in [6.07, 6.45) is 3.56. The first kappa shape index (κ1) is 14.3. The monoisotopic (exact) mass is 327 g/mol. The molecule has 1 amide bonds. The number of aliphatic hydroxyl groups excluding tert-OH is 1. The first-order valence-electron chi connectivity index (χ1n) is 6.54. The van der Waals surface area contributed by atoms with Crippen LogP contribution in [0.15, 0.2) is 22.7 Å². The highest BCUT2D eigenvalue weighted by Crippen LogP contribution is 2.28. The SMILES string of the molecule is O=C(c1ccc(Br)c(O)c1)N1CCCC1CCCO. The number of carbonyl (C=O) groups excluding carboxylic acids is 1. The van der Waals surface area contributed by atoms with Crippen LogP contribution in [0.1, 0.15) is 36.0 Å².